The quantitative estimate of drug-likeness (QED) is 0.360. The molecule has 0 aromatic heterocycles. The van der Waals surface area contributed by atoms with Crippen LogP contribution in [0.3, 0.4) is 0 Å². The Morgan fingerprint density at radius 1 is 1.03 bits per heavy atom. The largest absolute Gasteiger partial charge is 0.350 e. The molecule has 0 aliphatic heterocycles. The van der Waals surface area contributed by atoms with Gasteiger partial charge in [0.25, 0.3) is 0 Å². The maximum atomic E-state index is 12.8. The number of halogens is 1. The second kappa shape index (κ2) is 11.5. The zero-order valence-corrected chi connectivity index (χ0v) is 18.2. The first-order valence-corrected chi connectivity index (χ1v) is 10.3. The molecule has 8 heteroatoms. The van der Waals surface area contributed by atoms with Gasteiger partial charge < -0.3 is 21.7 Å². The lowest BCUT2D eigenvalue weighted by Crippen LogP contribution is -2.54. The van der Waals surface area contributed by atoms with Gasteiger partial charge in [-0.3, -0.25) is 14.4 Å². The first-order valence-electron chi connectivity index (χ1n) is 9.69. The van der Waals surface area contributed by atoms with Crippen molar-refractivity contribution in [3.05, 3.63) is 69.3 Å². The van der Waals surface area contributed by atoms with E-state index in [-0.39, 0.29) is 12.5 Å². The average molecular weight is 509 g/mol. The summed E-state index contributed by atoms with van der Waals surface area (Å²) in [6.45, 7) is 1.65. The summed E-state index contributed by atoms with van der Waals surface area (Å²) in [5.74, 6) is -1.26. The van der Waals surface area contributed by atoms with E-state index in [0.29, 0.717) is 13.0 Å². The van der Waals surface area contributed by atoms with Gasteiger partial charge in [0, 0.05) is 16.5 Å². The first kappa shape index (κ1) is 21.3. The molecule has 0 radical (unpaired) electrons. The third-order valence-electron chi connectivity index (χ3n) is 4.20. The molecule has 0 heterocycles. The summed E-state index contributed by atoms with van der Waals surface area (Å²) in [6, 6.07) is 15.5. The molecule has 29 heavy (non-hydrogen) atoms. The van der Waals surface area contributed by atoms with Gasteiger partial charge in [0.05, 0.1) is 6.54 Å². The highest BCUT2D eigenvalue weighted by atomic mass is 127. The fourth-order valence-corrected chi connectivity index (χ4v) is 3.28. The van der Waals surface area contributed by atoms with Crippen molar-refractivity contribution in [1.82, 2.24) is 16.0 Å². The first-order chi connectivity index (χ1) is 14.4. The Bertz CT molecular complexity index is 866. The van der Waals surface area contributed by atoms with Crippen molar-refractivity contribution in [2.75, 3.05) is 6.54 Å². The third kappa shape index (κ3) is 7.82. The van der Waals surface area contributed by atoms with Crippen molar-refractivity contribution in [2.45, 2.75) is 32.0 Å². The van der Waals surface area contributed by atoms with Gasteiger partial charge in [-0.05, 0) is 52.8 Å². The third-order valence-corrected chi connectivity index (χ3v) is 4.87. The number of nitrogens with two attached hydrogens (primary N) is 1. The van der Waals surface area contributed by atoms with Crippen LogP contribution in [0.5, 0.6) is 0 Å². The van der Waals surface area contributed by atoms with E-state index < -0.39 is 23.9 Å². The van der Waals surface area contributed by atoms with Crippen molar-refractivity contribution in [1.29, 1.82) is 0 Å². The number of benzene rings is 2. The van der Waals surface area contributed by atoms with Gasteiger partial charge in [-0.15, -0.1) is 0 Å². The normalized spacial score (nSPS) is 13.0. The van der Waals surface area contributed by atoms with Crippen molar-refractivity contribution < 1.29 is 15.8 Å². The Hall–Kier alpha value is -2.46. The Labute approximate surface area is 185 Å². The fourth-order valence-electron chi connectivity index (χ4n) is 2.67. The molecule has 3 amide bonds. The van der Waals surface area contributed by atoms with Crippen LogP contribution in [0, 0.1) is 3.57 Å². The molecule has 154 valence electrons. The van der Waals surface area contributed by atoms with E-state index in [4.69, 9.17) is 1.41 Å². The number of amides is 3. The van der Waals surface area contributed by atoms with Crippen LogP contribution in [-0.4, -0.2) is 36.3 Å². The molecule has 0 fully saturated rings. The van der Waals surface area contributed by atoms with E-state index in [1.54, 1.807) is 0 Å². The van der Waals surface area contributed by atoms with Gasteiger partial charge in [0.1, 0.15) is 13.5 Å². The number of carbonyl (C=O) groups excluding carboxylic acids is 3. The standard InChI is InChI=1S/C21H25IN4O3/c1-14(25-19(27)12-23)20(28)26-18(11-15-6-3-2-4-7-15)21(29)24-13-16-8-5-9-17(22)10-16/h2-10,14,18H,11-13,23H2,1H3,(H,24,29)(H,25,27)(H,26,28)/t14-,18-/m0/s1/i/hD. The van der Waals surface area contributed by atoms with Crippen LogP contribution in [0.4, 0.5) is 0 Å². The highest BCUT2D eigenvalue weighted by Gasteiger charge is 2.24. The predicted octanol–water partition coefficient (Wildman–Crippen LogP) is 1.10. The Kier molecular flexibility index (Phi) is 8.44. The molecule has 0 spiro atoms. The minimum atomic E-state index is -0.840. The van der Waals surface area contributed by atoms with Crippen LogP contribution in [0.1, 0.15) is 18.1 Å². The van der Waals surface area contributed by atoms with Crippen molar-refractivity contribution >= 4 is 40.3 Å². The van der Waals surface area contributed by atoms with E-state index in [1.165, 1.54) is 6.92 Å². The van der Waals surface area contributed by atoms with E-state index in [0.717, 1.165) is 14.7 Å². The molecule has 2 atom stereocenters. The van der Waals surface area contributed by atoms with E-state index in [1.807, 2.05) is 60.3 Å². The summed E-state index contributed by atoms with van der Waals surface area (Å²) in [5.41, 5.74) is 3.85. The molecule has 0 aliphatic carbocycles. The molecule has 0 saturated heterocycles. The summed E-state index contributed by atoms with van der Waals surface area (Å²) < 4.78 is 7.91. The summed E-state index contributed by atoms with van der Waals surface area (Å²) in [4.78, 5) is 37.0. The number of rotatable bonds is 10. The lowest BCUT2D eigenvalue weighted by Gasteiger charge is -2.21. The molecular formula is C21H25IN4O3. The average Bonchev–Trinajstić information content (AvgIpc) is 2.72. The maximum Gasteiger partial charge on any atom is 0.243 e. The maximum absolute atomic E-state index is 12.8. The molecule has 2 aromatic rings. The number of hydrogen-bond acceptors (Lipinski definition) is 4. The number of nitrogens with one attached hydrogen (secondary N) is 3. The minimum Gasteiger partial charge on any atom is -0.350 e. The lowest BCUT2D eigenvalue weighted by molar-refractivity contribution is -0.131. The predicted molar refractivity (Wildman–Crippen MR) is 120 cm³/mol. The highest BCUT2D eigenvalue weighted by Crippen LogP contribution is 2.08. The van der Waals surface area contributed by atoms with Crippen LogP contribution in [0.25, 0.3) is 0 Å². The van der Waals surface area contributed by atoms with Gasteiger partial charge >= 0.3 is 0 Å². The number of carbonyl (C=O) groups is 3. The molecule has 0 saturated carbocycles. The van der Waals surface area contributed by atoms with Gasteiger partial charge in [-0.2, -0.15) is 0 Å². The zero-order chi connectivity index (χ0) is 21.9. The fraction of sp³-hybridized carbons (Fsp3) is 0.286. The van der Waals surface area contributed by atoms with Crippen molar-refractivity contribution in [2.24, 2.45) is 5.73 Å². The molecular weight excluding hydrogens is 483 g/mol. The van der Waals surface area contributed by atoms with Crippen LogP contribution < -0.4 is 21.7 Å². The molecule has 0 bridgehead atoms. The Morgan fingerprint density at radius 2 is 1.76 bits per heavy atom. The summed E-state index contributed by atoms with van der Waals surface area (Å²) in [7, 11) is 0. The lowest BCUT2D eigenvalue weighted by atomic mass is 10.0. The van der Waals surface area contributed by atoms with Gasteiger partial charge in [0.15, 0.2) is 0 Å². The molecule has 2 aromatic carbocycles. The van der Waals surface area contributed by atoms with Gasteiger partial charge in [-0.1, -0.05) is 42.5 Å². The van der Waals surface area contributed by atoms with Crippen molar-refractivity contribution in [3.8, 4) is 0 Å². The summed E-state index contributed by atoms with van der Waals surface area (Å²) >= 11 is 2.21. The smallest absolute Gasteiger partial charge is 0.243 e. The van der Waals surface area contributed by atoms with Crippen LogP contribution in [0.2, 0.25) is 1.41 Å². The van der Waals surface area contributed by atoms with Crippen LogP contribution >= 0.6 is 22.6 Å². The van der Waals surface area contributed by atoms with E-state index >= 15 is 0 Å². The molecule has 5 N–H and O–H groups in total. The van der Waals surface area contributed by atoms with Gasteiger partial charge in [-0.25, -0.2) is 0 Å². The Morgan fingerprint density at radius 3 is 2.45 bits per heavy atom. The van der Waals surface area contributed by atoms with E-state index in [2.05, 4.69) is 38.5 Å². The molecule has 7 nitrogen and oxygen atoms in total. The monoisotopic (exact) mass is 509 g/mol. The van der Waals surface area contributed by atoms with Crippen LogP contribution in [0.15, 0.2) is 54.6 Å². The number of hydrogen-bond donors (Lipinski definition) is 4. The second-order valence-corrected chi connectivity index (χ2v) is 7.81. The second-order valence-electron chi connectivity index (χ2n) is 6.56. The summed E-state index contributed by atoms with van der Waals surface area (Å²) in [5, 5.41) is 8.09. The Balaban J connectivity index is 2.04. The molecule has 2 rings (SSSR count). The topological polar surface area (TPSA) is 113 Å². The van der Waals surface area contributed by atoms with Crippen LogP contribution in [-0.2, 0) is 27.3 Å². The van der Waals surface area contributed by atoms with Gasteiger partial charge in [0.2, 0.25) is 17.7 Å². The van der Waals surface area contributed by atoms with E-state index in [9.17, 15) is 14.4 Å². The minimum absolute atomic E-state index is 0.221. The molecule has 0 aliphatic rings. The SMILES string of the molecule is [2H]NCC(=O)N[C@@H](C)C(=O)N[C@@H](Cc1ccccc1)C(=O)NCc1cccc(I)c1. The summed E-state index contributed by atoms with van der Waals surface area (Å²) in [6.07, 6.45) is 0.319. The molecule has 0 unspecified atom stereocenters. The highest BCUT2D eigenvalue weighted by molar-refractivity contribution is 14.1. The van der Waals surface area contributed by atoms with Crippen molar-refractivity contribution in [3.63, 3.8) is 0 Å². The zero-order valence-electron chi connectivity index (χ0n) is 17.1.